The van der Waals surface area contributed by atoms with E-state index in [1.165, 1.54) is 11.3 Å². The summed E-state index contributed by atoms with van der Waals surface area (Å²) < 4.78 is 0. The Bertz CT molecular complexity index is 602. The molecule has 0 unspecified atom stereocenters. The zero-order chi connectivity index (χ0) is 13.8. The van der Waals surface area contributed by atoms with Crippen LogP contribution in [0, 0.1) is 13.8 Å². The Morgan fingerprint density at radius 1 is 1.37 bits per heavy atom. The molecule has 0 aliphatic rings. The Morgan fingerprint density at radius 3 is 2.74 bits per heavy atom. The molecule has 0 aliphatic carbocycles. The van der Waals surface area contributed by atoms with Gasteiger partial charge in [-0.15, -0.1) is 11.3 Å². The number of nitrogens with one attached hydrogen (secondary N) is 3. The number of amides is 2. The second-order valence-corrected chi connectivity index (χ2v) is 5.36. The molecule has 2 amide bonds. The molecule has 2 heterocycles. The van der Waals surface area contributed by atoms with Crippen molar-refractivity contribution in [2.75, 3.05) is 11.9 Å². The van der Waals surface area contributed by atoms with Gasteiger partial charge in [0.25, 0.3) is 5.91 Å². The third-order valence-corrected chi connectivity index (χ3v) is 3.47. The lowest BCUT2D eigenvalue weighted by Crippen LogP contribution is -2.32. The third-order valence-electron chi connectivity index (χ3n) is 2.47. The van der Waals surface area contributed by atoms with Crippen LogP contribution < -0.4 is 10.6 Å². The van der Waals surface area contributed by atoms with Crippen LogP contribution in [0.25, 0.3) is 0 Å². The second-order valence-electron chi connectivity index (χ2n) is 4.07. The first-order chi connectivity index (χ1) is 9.06. The number of H-pyrrole nitrogens is 1. The fraction of sp³-hybridized carbons (Fsp3) is 0.250. The molecule has 0 saturated carbocycles. The van der Waals surface area contributed by atoms with Gasteiger partial charge in [-0.2, -0.15) is 5.10 Å². The maximum absolute atomic E-state index is 11.7. The molecule has 0 atom stereocenters. The summed E-state index contributed by atoms with van der Waals surface area (Å²) in [7, 11) is 0. The molecule has 0 aromatic carbocycles. The maximum atomic E-state index is 11.7. The van der Waals surface area contributed by atoms with Crippen molar-refractivity contribution in [3.8, 4) is 0 Å². The van der Waals surface area contributed by atoms with E-state index in [-0.39, 0.29) is 18.4 Å². The monoisotopic (exact) mass is 278 g/mol. The van der Waals surface area contributed by atoms with Crippen molar-refractivity contribution < 1.29 is 9.59 Å². The van der Waals surface area contributed by atoms with Crippen molar-refractivity contribution in [2.45, 2.75) is 13.8 Å². The van der Waals surface area contributed by atoms with Gasteiger partial charge < -0.3 is 10.6 Å². The topological polar surface area (TPSA) is 86.9 Å². The smallest absolute Gasteiger partial charge is 0.261 e. The van der Waals surface area contributed by atoms with E-state index in [9.17, 15) is 9.59 Å². The van der Waals surface area contributed by atoms with Crippen LogP contribution in [0.2, 0.25) is 0 Å². The summed E-state index contributed by atoms with van der Waals surface area (Å²) in [5.41, 5.74) is 0.841. The van der Waals surface area contributed by atoms with Crippen molar-refractivity contribution in [3.63, 3.8) is 0 Å². The molecular weight excluding hydrogens is 264 g/mol. The minimum atomic E-state index is -0.297. The van der Waals surface area contributed by atoms with Crippen LogP contribution in [-0.4, -0.2) is 28.6 Å². The number of aromatic nitrogens is 2. The molecule has 7 heteroatoms. The SMILES string of the molecule is Cc1ccc(C(=O)NCC(=O)Nc2[nH]ncc2C)s1. The van der Waals surface area contributed by atoms with Crippen molar-refractivity contribution in [1.29, 1.82) is 0 Å². The largest absolute Gasteiger partial charge is 0.342 e. The summed E-state index contributed by atoms with van der Waals surface area (Å²) in [6, 6.07) is 3.61. The highest BCUT2D eigenvalue weighted by atomic mass is 32.1. The molecule has 2 rings (SSSR count). The standard InChI is InChI=1S/C12H14N4O2S/c1-7-5-14-16-11(7)15-10(17)6-13-12(18)9-4-3-8(2)19-9/h3-5H,6H2,1-2H3,(H,13,18)(H2,14,15,16,17). The summed E-state index contributed by atoms with van der Waals surface area (Å²) in [6.45, 7) is 3.68. The van der Waals surface area contributed by atoms with Crippen LogP contribution in [0.5, 0.6) is 0 Å². The molecule has 0 spiro atoms. The number of aromatic amines is 1. The number of nitrogens with zero attached hydrogens (tertiary/aromatic N) is 1. The predicted octanol–water partition coefficient (Wildman–Crippen LogP) is 1.46. The lowest BCUT2D eigenvalue weighted by molar-refractivity contribution is -0.115. The Hall–Kier alpha value is -2.15. The number of hydrogen-bond acceptors (Lipinski definition) is 4. The summed E-state index contributed by atoms with van der Waals surface area (Å²) in [5, 5.41) is 11.7. The van der Waals surface area contributed by atoms with Gasteiger partial charge in [0.05, 0.1) is 17.6 Å². The van der Waals surface area contributed by atoms with Gasteiger partial charge in [-0.25, -0.2) is 0 Å². The van der Waals surface area contributed by atoms with Crippen molar-refractivity contribution in [1.82, 2.24) is 15.5 Å². The maximum Gasteiger partial charge on any atom is 0.261 e. The summed E-state index contributed by atoms with van der Waals surface area (Å²) in [4.78, 5) is 25.0. The van der Waals surface area contributed by atoms with Gasteiger partial charge in [-0.05, 0) is 26.0 Å². The molecule has 0 bridgehead atoms. The second kappa shape index (κ2) is 5.66. The van der Waals surface area contributed by atoms with E-state index in [1.54, 1.807) is 12.3 Å². The van der Waals surface area contributed by atoms with E-state index in [2.05, 4.69) is 20.8 Å². The number of thiophene rings is 1. The zero-order valence-corrected chi connectivity index (χ0v) is 11.4. The molecule has 6 nitrogen and oxygen atoms in total. The average Bonchev–Trinajstić information content (AvgIpc) is 2.96. The Labute approximate surface area is 114 Å². The normalized spacial score (nSPS) is 10.2. The van der Waals surface area contributed by atoms with E-state index >= 15 is 0 Å². The Balaban J connectivity index is 1.84. The lowest BCUT2D eigenvalue weighted by atomic mass is 10.3. The minimum Gasteiger partial charge on any atom is -0.342 e. The average molecular weight is 278 g/mol. The quantitative estimate of drug-likeness (QED) is 0.791. The highest BCUT2D eigenvalue weighted by molar-refractivity contribution is 7.13. The van der Waals surface area contributed by atoms with E-state index < -0.39 is 0 Å². The van der Waals surface area contributed by atoms with Crippen LogP contribution in [0.4, 0.5) is 5.82 Å². The molecule has 2 aromatic rings. The molecule has 0 aliphatic heterocycles. The fourth-order valence-corrected chi connectivity index (χ4v) is 2.24. The molecular formula is C12H14N4O2S. The summed E-state index contributed by atoms with van der Waals surface area (Å²) in [6.07, 6.45) is 1.61. The molecule has 100 valence electrons. The Morgan fingerprint density at radius 2 is 2.16 bits per heavy atom. The number of hydrogen-bond donors (Lipinski definition) is 3. The van der Waals surface area contributed by atoms with E-state index in [1.807, 2.05) is 19.9 Å². The van der Waals surface area contributed by atoms with Gasteiger partial charge in [-0.1, -0.05) is 0 Å². The molecule has 2 aromatic heterocycles. The van der Waals surface area contributed by atoms with E-state index in [0.29, 0.717) is 10.7 Å². The first-order valence-corrected chi connectivity index (χ1v) is 6.52. The first kappa shape index (κ1) is 13.3. The molecule has 0 saturated heterocycles. The number of rotatable bonds is 4. The van der Waals surface area contributed by atoms with Crippen molar-refractivity contribution in [3.05, 3.63) is 33.6 Å². The first-order valence-electron chi connectivity index (χ1n) is 5.70. The van der Waals surface area contributed by atoms with Gasteiger partial charge in [0.15, 0.2) is 0 Å². The number of anilines is 1. The van der Waals surface area contributed by atoms with Gasteiger partial charge in [0.1, 0.15) is 5.82 Å². The molecule has 0 radical (unpaired) electrons. The van der Waals surface area contributed by atoms with Crippen LogP contribution in [0.1, 0.15) is 20.1 Å². The minimum absolute atomic E-state index is 0.0752. The highest BCUT2D eigenvalue weighted by Crippen LogP contribution is 2.14. The highest BCUT2D eigenvalue weighted by Gasteiger charge is 2.11. The van der Waals surface area contributed by atoms with Gasteiger partial charge >= 0.3 is 0 Å². The van der Waals surface area contributed by atoms with Gasteiger partial charge in [0, 0.05) is 10.4 Å². The number of carbonyl (C=O) groups is 2. The van der Waals surface area contributed by atoms with Crippen molar-refractivity contribution >= 4 is 29.0 Å². The molecule has 0 fully saturated rings. The third kappa shape index (κ3) is 3.41. The molecule has 19 heavy (non-hydrogen) atoms. The number of aryl methyl sites for hydroxylation is 2. The lowest BCUT2D eigenvalue weighted by Gasteiger charge is -2.05. The van der Waals surface area contributed by atoms with Crippen LogP contribution >= 0.6 is 11.3 Å². The summed E-state index contributed by atoms with van der Waals surface area (Å²) >= 11 is 1.40. The van der Waals surface area contributed by atoms with Gasteiger partial charge in [-0.3, -0.25) is 14.7 Å². The molecule has 3 N–H and O–H groups in total. The van der Waals surface area contributed by atoms with E-state index in [4.69, 9.17) is 0 Å². The van der Waals surface area contributed by atoms with Crippen LogP contribution in [0.3, 0.4) is 0 Å². The Kier molecular flexibility index (Phi) is 3.96. The van der Waals surface area contributed by atoms with Crippen LogP contribution in [0.15, 0.2) is 18.3 Å². The van der Waals surface area contributed by atoms with Crippen LogP contribution in [-0.2, 0) is 4.79 Å². The predicted molar refractivity (Wildman–Crippen MR) is 73.3 cm³/mol. The zero-order valence-electron chi connectivity index (χ0n) is 10.6. The summed E-state index contributed by atoms with van der Waals surface area (Å²) in [5.74, 6) is 0.00905. The van der Waals surface area contributed by atoms with Crippen molar-refractivity contribution in [2.24, 2.45) is 0 Å². The fourth-order valence-electron chi connectivity index (χ4n) is 1.46. The number of carbonyl (C=O) groups excluding carboxylic acids is 2. The van der Waals surface area contributed by atoms with Gasteiger partial charge in [0.2, 0.25) is 5.91 Å². The van der Waals surface area contributed by atoms with E-state index in [0.717, 1.165) is 10.4 Å².